The molecule has 0 aliphatic rings. The molecular formula is C18H20ClNO5S. The Hall–Kier alpha value is -2.09. The van der Waals surface area contributed by atoms with Crippen molar-refractivity contribution in [2.24, 2.45) is 0 Å². The summed E-state index contributed by atoms with van der Waals surface area (Å²) in [5.41, 5.74) is 0.783. The van der Waals surface area contributed by atoms with E-state index in [9.17, 15) is 13.2 Å². The number of nitrogens with zero attached hydrogens (tertiary/aromatic N) is 1. The Morgan fingerprint density at radius 2 is 1.92 bits per heavy atom. The van der Waals surface area contributed by atoms with Crippen molar-refractivity contribution in [3.05, 3.63) is 58.6 Å². The molecule has 140 valence electrons. The van der Waals surface area contributed by atoms with Crippen molar-refractivity contribution in [1.82, 2.24) is 4.31 Å². The average molecular weight is 398 g/mol. The minimum Gasteiger partial charge on any atom is -0.494 e. The van der Waals surface area contributed by atoms with E-state index >= 15 is 0 Å². The third-order valence-electron chi connectivity index (χ3n) is 3.67. The van der Waals surface area contributed by atoms with Crippen LogP contribution in [-0.4, -0.2) is 39.5 Å². The monoisotopic (exact) mass is 397 g/mol. The van der Waals surface area contributed by atoms with Crippen LogP contribution in [0, 0.1) is 0 Å². The second-order valence-corrected chi connectivity index (χ2v) is 7.93. The Kier molecular flexibility index (Phi) is 6.63. The van der Waals surface area contributed by atoms with Gasteiger partial charge in [-0.2, -0.15) is 4.31 Å². The number of hydrogen-bond donors (Lipinski definition) is 0. The van der Waals surface area contributed by atoms with Gasteiger partial charge >= 0.3 is 5.97 Å². The number of hydrogen-bond acceptors (Lipinski definition) is 5. The molecule has 6 nitrogen and oxygen atoms in total. The van der Waals surface area contributed by atoms with Gasteiger partial charge in [0.05, 0.1) is 29.2 Å². The minimum absolute atomic E-state index is 0.00184. The Labute approximate surface area is 158 Å². The molecule has 0 saturated carbocycles. The Bertz CT molecular complexity index is 898. The van der Waals surface area contributed by atoms with Crippen molar-refractivity contribution in [1.29, 1.82) is 0 Å². The molecule has 0 atom stereocenters. The van der Waals surface area contributed by atoms with Crippen molar-refractivity contribution in [2.45, 2.75) is 18.4 Å². The molecule has 2 aromatic rings. The fraction of sp³-hybridized carbons (Fsp3) is 0.278. The quantitative estimate of drug-likeness (QED) is 0.670. The van der Waals surface area contributed by atoms with Gasteiger partial charge in [0, 0.05) is 13.6 Å². The molecule has 0 fully saturated rings. The maximum Gasteiger partial charge on any atom is 0.339 e. The van der Waals surface area contributed by atoms with Gasteiger partial charge in [0.25, 0.3) is 0 Å². The Balaban J connectivity index is 2.29. The zero-order chi connectivity index (χ0) is 19.3. The Morgan fingerprint density at radius 3 is 2.58 bits per heavy atom. The normalized spacial score (nSPS) is 11.4. The number of rotatable bonds is 7. The zero-order valence-corrected chi connectivity index (χ0v) is 16.3. The van der Waals surface area contributed by atoms with Crippen LogP contribution in [-0.2, 0) is 21.3 Å². The van der Waals surface area contributed by atoms with Crippen LogP contribution in [0.2, 0.25) is 5.02 Å². The highest BCUT2D eigenvalue weighted by molar-refractivity contribution is 7.89. The number of sulfonamides is 1. The molecule has 2 aromatic carbocycles. The lowest BCUT2D eigenvalue weighted by molar-refractivity contribution is 0.0600. The van der Waals surface area contributed by atoms with Crippen LogP contribution in [0.1, 0.15) is 22.8 Å². The smallest absolute Gasteiger partial charge is 0.339 e. The Morgan fingerprint density at radius 1 is 1.19 bits per heavy atom. The lowest BCUT2D eigenvalue weighted by atomic mass is 10.2. The first-order valence-corrected chi connectivity index (χ1v) is 9.67. The van der Waals surface area contributed by atoms with E-state index in [2.05, 4.69) is 4.74 Å². The first kappa shape index (κ1) is 20.2. The van der Waals surface area contributed by atoms with E-state index in [0.29, 0.717) is 12.4 Å². The van der Waals surface area contributed by atoms with Crippen LogP contribution in [0.15, 0.2) is 47.4 Å². The number of ether oxygens (including phenoxy) is 2. The maximum atomic E-state index is 12.8. The zero-order valence-electron chi connectivity index (χ0n) is 14.7. The van der Waals surface area contributed by atoms with Crippen molar-refractivity contribution in [3.8, 4) is 5.75 Å². The minimum atomic E-state index is -3.82. The third-order valence-corrected chi connectivity index (χ3v) is 5.79. The summed E-state index contributed by atoms with van der Waals surface area (Å²) in [5, 5.41) is 0.128. The van der Waals surface area contributed by atoms with Crippen LogP contribution in [0.3, 0.4) is 0 Å². The van der Waals surface area contributed by atoms with Gasteiger partial charge in [0.15, 0.2) is 0 Å². The highest BCUT2D eigenvalue weighted by Crippen LogP contribution is 2.24. The summed E-state index contributed by atoms with van der Waals surface area (Å²) in [6, 6.07) is 11.2. The molecule has 8 heteroatoms. The first-order valence-electron chi connectivity index (χ1n) is 7.85. The molecule has 0 amide bonds. The predicted molar refractivity (Wildman–Crippen MR) is 99.1 cm³/mol. The lowest BCUT2D eigenvalue weighted by Gasteiger charge is -2.18. The number of esters is 1. The summed E-state index contributed by atoms with van der Waals surface area (Å²) in [6.45, 7) is 2.56. The molecule has 0 bridgehead atoms. The summed E-state index contributed by atoms with van der Waals surface area (Å²) >= 11 is 5.95. The van der Waals surface area contributed by atoms with E-state index in [1.54, 1.807) is 12.1 Å². The molecule has 0 aliphatic carbocycles. The third kappa shape index (κ3) is 4.55. The standard InChI is InChI=1S/C18H20ClNO5S/c1-4-25-14-7-5-6-13(10-14)12-20(2)26(22,23)15-8-9-17(19)16(11-15)18(21)24-3/h5-11H,4,12H2,1-3H3. The largest absolute Gasteiger partial charge is 0.494 e. The van der Waals surface area contributed by atoms with E-state index < -0.39 is 16.0 Å². The topological polar surface area (TPSA) is 72.9 Å². The highest BCUT2D eigenvalue weighted by Gasteiger charge is 2.23. The molecular weight excluding hydrogens is 378 g/mol. The summed E-state index contributed by atoms with van der Waals surface area (Å²) in [7, 11) is -1.14. The first-order chi connectivity index (χ1) is 12.3. The number of halogens is 1. The van der Waals surface area contributed by atoms with Gasteiger partial charge in [0.2, 0.25) is 10.0 Å². The lowest BCUT2D eigenvalue weighted by Crippen LogP contribution is -2.26. The van der Waals surface area contributed by atoms with Gasteiger partial charge in [-0.05, 0) is 42.8 Å². The fourth-order valence-electron chi connectivity index (χ4n) is 2.35. The summed E-state index contributed by atoms with van der Waals surface area (Å²) in [5.74, 6) is -0.0191. The highest BCUT2D eigenvalue weighted by atomic mass is 35.5. The number of carbonyl (C=O) groups is 1. The molecule has 0 radical (unpaired) electrons. The molecule has 26 heavy (non-hydrogen) atoms. The van der Waals surface area contributed by atoms with Crippen molar-refractivity contribution in [3.63, 3.8) is 0 Å². The number of methoxy groups -OCH3 is 1. The molecule has 0 spiro atoms. The number of carbonyl (C=O) groups excluding carboxylic acids is 1. The molecule has 2 rings (SSSR count). The molecule has 0 unspecified atom stereocenters. The van der Waals surface area contributed by atoms with E-state index in [4.69, 9.17) is 16.3 Å². The van der Waals surface area contributed by atoms with Gasteiger partial charge in [-0.1, -0.05) is 23.7 Å². The van der Waals surface area contributed by atoms with Crippen molar-refractivity contribution >= 4 is 27.6 Å². The van der Waals surface area contributed by atoms with Crippen LogP contribution >= 0.6 is 11.6 Å². The molecule has 0 heterocycles. The second-order valence-electron chi connectivity index (χ2n) is 5.47. The molecule has 0 N–H and O–H groups in total. The van der Waals surface area contributed by atoms with Gasteiger partial charge in [-0.3, -0.25) is 0 Å². The van der Waals surface area contributed by atoms with Crippen molar-refractivity contribution < 1.29 is 22.7 Å². The predicted octanol–water partition coefficient (Wildman–Crippen LogP) is 3.35. The van der Waals surface area contributed by atoms with E-state index in [1.165, 1.54) is 36.7 Å². The van der Waals surface area contributed by atoms with E-state index in [1.807, 2.05) is 19.1 Å². The van der Waals surface area contributed by atoms with E-state index in [0.717, 1.165) is 5.56 Å². The maximum absolute atomic E-state index is 12.8. The van der Waals surface area contributed by atoms with E-state index in [-0.39, 0.29) is 22.0 Å². The summed E-state index contributed by atoms with van der Waals surface area (Å²) in [6.07, 6.45) is 0. The van der Waals surface area contributed by atoms with Crippen LogP contribution < -0.4 is 4.74 Å². The molecule has 0 saturated heterocycles. The van der Waals surface area contributed by atoms with Gasteiger partial charge in [0.1, 0.15) is 5.75 Å². The van der Waals surface area contributed by atoms with Crippen molar-refractivity contribution in [2.75, 3.05) is 20.8 Å². The fourth-order valence-corrected chi connectivity index (χ4v) is 3.73. The van der Waals surface area contributed by atoms with Gasteiger partial charge in [-0.15, -0.1) is 0 Å². The average Bonchev–Trinajstić information content (AvgIpc) is 2.61. The van der Waals surface area contributed by atoms with Crippen LogP contribution in [0.5, 0.6) is 5.75 Å². The molecule has 0 aromatic heterocycles. The summed E-state index contributed by atoms with van der Waals surface area (Å²) < 4.78 is 36.9. The molecule has 0 aliphatic heterocycles. The SMILES string of the molecule is CCOc1cccc(CN(C)S(=O)(=O)c2ccc(Cl)c(C(=O)OC)c2)c1. The second kappa shape index (κ2) is 8.53. The van der Waals surface area contributed by atoms with Crippen LogP contribution in [0.4, 0.5) is 0 Å². The van der Waals surface area contributed by atoms with Crippen LogP contribution in [0.25, 0.3) is 0 Å². The summed E-state index contributed by atoms with van der Waals surface area (Å²) in [4.78, 5) is 11.7. The van der Waals surface area contributed by atoms with Gasteiger partial charge < -0.3 is 9.47 Å². The number of benzene rings is 2. The van der Waals surface area contributed by atoms with Gasteiger partial charge in [-0.25, -0.2) is 13.2 Å².